The maximum atomic E-state index is 12.6. The summed E-state index contributed by atoms with van der Waals surface area (Å²) in [6.07, 6.45) is 2.16. The minimum absolute atomic E-state index is 0.0222. The molecule has 0 amide bonds. The maximum Gasteiger partial charge on any atom is 0.226 e. The van der Waals surface area contributed by atoms with Crippen LogP contribution in [0.3, 0.4) is 0 Å². The number of Topliss-reactive ketones (excluding diaryl/α,β-unsaturated/α-hetero) is 1. The van der Waals surface area contributed by atoms with Crippen LogP contribution in [0.25, 0.3) is 11.4 Å². The summed E-state index contributed by atoms with van der Waals surface area (Å²) in [6.45, 7) is 2.80. The van der Waals surface area contributed by atoms with Gasteiger partial charge in [0.05, 0.1) is 18.8 Å². The Morgan fingerprint density at radius 1 is 0.795 bits per heavy atom. The standard InChI is InChI=1S/C26H26N4O4.C8H7ClO/c1-18-24(14-13-22(25(18)32)23(31)17-19-7-3-2-4-8-19)34-16-6-5-15-33-21-11-9-20(10-12-21)26-27-29-30-28-26;9-8(10)6-7-4-2-1-3-5-7/h2-4,7-14,32H,5-6,15-17H2,1H3,(H,27,28,29,30);1-5H,6H2. The highest BCUT2D eigenvalue weighted by molar-refractivity contribution is 6.63. The number of H-pyrrole nitrogens is 1. The Hall–Kier alpha value is -5.02. The molecular weight excluding hydrogens is 580 g/mol. The van der Waals surface area contributed by atoms with Gasteiger partial charge in [-0.2, -0.15) is 5.21 Å². The normalized spacial score (nSPS) is 10.4. The minimum atomic E-state index is -0.314. The lowest BCUT2D eigenvalue weighted by molar-refractivity contribution is -0.111. The molecule has 0 saturated heterocycles. The van der Waals surface area contributed by atoms with Crippen molar-refractivity contribution in [1.82, 2.24) is 20.6 Å². The van der Waals surface area contributed by atoms with Crippen LogP contribution >= 0.6 is 11.6 Å². The molecule has 10 heteroatoms. The Bertz CT molecular complexity index is 1610. The van der Waals surface area contributed by atoms with Crippen LogP contribution in [0.4, 0.5) is 0 Å². The molecule has 2 N–H and O–H groups in total. The van der Waals surface area contributed by atoms with E-state index in [1.165, 1.54) is 0 Å². The largest absolute Gasteiger partial charge is 0.507 e. The van der Waals surface area contributed by atoms with Crippen LogP contribution in [0.1, 0.15) is 39.9 Å². The van der Waals surface area contributed by atoms with E-state index < -0.39 is 0 Å². The first kappa shape index (κ1) is 31.9. The first-order valence-electron chi connectivity index (χ1n) is 14.1. The molecule has 44 heavy (non-hydrogen) atoms. The van der Waals surface area contributed by atoms with Crippen molar-refractivity contribution in [3.63, 3.8) is 0 Å². The first-order valence-corrected chi connectivity index (χ1v) is 14.5. The fraction of sp³-hybridized carbons (Fsp3) is 0.206. The first-order chi connectivity index (χ1) is 21.4. The molecular formula is C34H33ClN4O5. The maximum absolute atomic E-state index is 12.6. The number of hydrogen-bond donors (Lipinski definition) is 2. The molecule has 0 aliphatic heterocycles. The molecule has 5 aromatic rings. The number of phenolic OH excluding ortho intramolecular Hbond substituents is 1. The number of aromatic hydroxyl groups is 1. The van der Waals surface area contributed by atoms with Gasteiger partial charge < -0.3 is 14.6 Å². The van der Waals surface area contributed by atoms with Gasteiger partial charge in [0.25, 0.3) is 0 Å². The zero-order valence-corrected chi connectivity index (χ0v) is 25.0. The van der Waals surface area contributed by atoms with E-state index in [0.717, 1.165) is 35.3 Å². The van der Waals surface area contributed by atoms with Gasteiger partial charge in [-0.1, -0.05) is 60.7 Å². The van der Waals surface area contributed by atoms with E-state index in [1.54, 1.807) is 19.1 Å². The third kappa shape index (κ3) is 9.78. The second-order valence-corrected chi connectivity index (χ2v) is 10.3. The summed E-state index contributed by atoms with van der Waals surface area (Å²) in [5.41, 5.74) is 3.61. The smallest absolute Gasteiger partial charge is 0.226 e. The van der Waals surface area contributed by atoms with E-state index in [9.17, 15) is 14.7 Å². The number of unbranched alkanes of at least 4 members (excludes halogenated alkanes) is 1. The Balaban J connectivity index is 0.000000375. The highest BCUT2D eigenvalue weighted by Crippen LogP contribution is 2.31. The molecule has 0 aliphatic carbocycles. The van der Waals surface area contributed by atoms with Gasteiger partial charge in [-0.25, -0.2) is 0 Å². The molecule has 0 bridgehead atoms. The summed E-state index contributed by atoms with van der Waals surface area (Å²) < 4.78 is 11.6. The predicted octanol–water partition coefficient (Wildman–Crippen LogP) is 6.54. The van der Waals surface area contributed by atoms with E-state index >= 15 is 0 Å². The fourth-order valence-electron chi connectivity index (χ4n) is 4.26. The minimum Gasteiger partial charge on any atom is -0.507 e. The Morgan fingerprint density at radius 2 is 1.41 bits per heavy atom. The number of tetrazole rings is 1. The van der Waals surface area contributed by atoms with Crippen molar-refractivity contribution in [2.24, 2.45) is 0 Å². The van der Waals surface area contributed by atoms with E-state index in [2.05, 4.69) is 20.6 Å². The second-order valence-electron chi connectivity index (χ2n) is 9.85. The average molecular weight is 613 g/mol. The molecule has 0 aliphatic rings. The highest BCUT2D eigenvalue weighted by atomic mass is 35.5. The number of aromatic amines is 1. The molecule has 0 atom stereocenters. The summed E-state index contributed by atoms with van der Waals surface area (Å²) in [4.78, 5) is 23.0. The Labute approximate surface area is 260 Å². The van der Waals surface area contributed by atoms with Gasteiger partial charge in [0.1, 0.15) is 17.2 Å². The molecule has 9 nitrogen and oxygen atoms in total. The number of halogens is 1. The van der Waals surface area contributed by atoms with Gasteiger partial charge in [0.15, 0.2) is 5.78 Å². The van der Waals surface area contributed by atoms with Crippen LogP contribution < -0.4 is 9.47 Å². The third-order valence-corrected chi connectivity index (χ3v) is 6.73. The van der Waals surface area contributed by atoms with Crippen molar-refractivity contribution in [2.75, 3.05) is 13.2 Å². The lowest BCUT2D eigenvalue weighted by Crippen LogP contribution is -2.06. The van der Waals surface area contributed by atoms with E-state index in [0.29, 0.717) is 42.3 Å². The predicted molar refractivity (Wildman–Crippen MR) is 168 cm³/mol. The fourth-order valence-corrected chi connectivity index (χ4v) is 4.41. The summed E-state index contributed by atoms with van der Waals surface area (Å²) in [5.74, 6) is 1.74. The van der Waals surface area contributed by atoms with Gasteiger partial charge in [-0.05, 0) is 84.1 Å². The average Bonchev–Trinajstić information content (AvgIpc) is 3.57. The SMILES string of the molecule is Cc1c(OCCCCOc2ccc(-c3nn[nH]n3)cc2)ccc(C(=O)Cc2ccccc2)c1O.O=C(Cl)Cc1ccccc1. The van der Waals surface area contributed by atoms with E-state index in [4.69, 9.17) is 21.1 Å². The number of benzene rings is 4. The monoisotopic (exact) mass is 612 g/mol. The van der Waals surface area contributed by atoms with E-state index in [-0.39, 0.29) is 23.2 Å². The van der Waals surface area contributed by atoms with Crippen molar-refractivity contribution < 1.29 is 24.2 Å². The number of rotatable bonds is 13. The molecule has 226 valence electrons. The number of carbonyl (C=O) groups is 2. The summed E-state index contributed by atoms with van der Waals surface area (Å²) in [5, 5.41) is 24.1. The molecule has 0 unspecified atom stereocenters. The number of nitrogens with zero attached hydrogens (tertiary/aromatic N) is 3. The van der Waals surface area contributed by atoms with E-state index in [1.807, 2.05) is 84.9 Å². The summed E-state index contributed by atoms with van der Waals surface area (Å²) in [6, 6.07) is 29.8. The van der Waals surface area contributed by atoms with Crippen molar-refractivity contribution in [3.8, 4) is 28.6 Å². The molecule has 0 fully saturated rings. The van der Waals surface area contributed by atoms with Gasteiger partial charge in [-0.15, -0.1) is 10.2 Å². The van der Waals surface area contributed by atoms with Gasteiger partial charge >= 0.3 is 0 Å². The van der Waals surface area contributed by atoms with Crippen LogP contribution in [0.15, 0.2) is 97.1 Å². The Morgan fingerprint density at radius 3 is 2.00 bits per heavy atom. The van der Waals surface area contributed by atoms with Gasteiger partial charge in [-0.3, -0.25) is 9.59 Å². The van der Waals surface area contributed by atoms with Gasteiger partial charge in [0.2, 0.25) is 11.1 Å². The van der Waals surface area contributed by atoms with Crippen LogP contribution in [0.2, 0.25) is 0 Å². The van der Waals surface area contributed by atoms with Crippen molar-refractivity contribution in [3.05, 3.63) is 119 Å². The van der Waals surface area contributed by atoms with Crippen molar-refractivity contribution in [2.45, 2.75) is 32.6 Å². The molecule has 0 saturated carbocycles. The van der Waals surface area contributed by atoms with Crippen LogP contribution in [0.5, 0.6) is 17.2 Å². The lowest BCUT2D eigenvalue weighted by atomic mass is 10.00. The number of aromatic nitrogens is 4. The zero-order valence-electron chi connectivity index (χ0n) is 24.3. The third-order valence-electron chi connectivity index (χ3n) is 6.60. The number of phenols is 1. The molecule has 5 rings (SSSR count). The van der Waals surface area contributed by atoms with Crippen LogP contribution in [-0.4, -0.2) is 50.0 Å². The molecule has 0 radical (unpaired) electrons. The Kier molecular flexibility index (Phi) is 12.0. The number of ketones is 1. The number of carbonyl (C=O) groups excluding carboxylic acids is 2. The summed E-state index contributed by atoms with van der Waals surface area (Å²) >= 11 is 5.17. The van der Waals surface area contributed by atoms with Crippen LogP contribution in [0, 0.1) is 6.92 Å². The highest BCUT2D eigenvalue weighted by Gasteiger charge is 2.16. The van der Waals surface area contributed by atoms with Crippen LogP contribution in [-0.2, 0) is 17.6 Å². The number of ether oxygens (including phenoxy) is 2. The molecule has 0 spiro atoms. The molecule has 1 aromatic heterocycles. The topological polar surface area (TPSA) is 127 Å². The van der Waals surface area contributed by atoms with Crippen molar-refractivity contribution >= 4 is 22.6 Å². The second kappa shape index (κ2) is 16.6. The van der Waals surface area contributed by atoms with Gasteiger partial charge in [0, 0.05) is 24.0 Å². The summed E-state index contributed by atoms with van der Waals surface area (Å²) in [7, 11) is 0. The number of nitrogens with one attached hydrogen (secondary N) is 1. The number of hydrogen-bond acceptors (Lipinski definition) is 8. The quantitative estimate of drug-likeness (QED) is 0.0872. The molecule has 1 heterocycles. The zero-order chi connectivity index (χ0) is 31.1. The van der Waals surface area contributed by atoms with Crippen molar-refractivity contribution in [1.29, 1.82) is 0 Å². The lowest BCUT2D eigenvalue weighted by Gasteiger charge is -2.13. The molecule has 4 aromatic carbocycles.